The first-order chi connectivity index (χ1) is 25.5. The number of hydrogen-bond donors (Lipinski definition) is 0. The summed E-state index contributed by atoms with van der Waals surface area (Å²) in [6, 6.07) is 57.1. The van der Waals surface area contributed by atoms with Gasteiger partial charge in [0.15, 0.2) is 5.58 Å². The van der Waals surface area contributed by atoms with Crippen LogP contribution in [0.5, 0.6) is 0 Å². The van der Waals surface area contributed by atoms with Crippen molar-refractivity contribution in [3.8, 4) is 22.6 Å². The Kier molecular flexibility index (Phi) is 6.17. The highest BCUT2D eigenvalue weighted by Crippen LogP contribution is 2.53. The molecule has 1 aliphatic carbocycles. The summed E-state index contributed by atoms with van der Waals surface area (Å²) in [5.74, 6) is 0.654. The molecule has 0 aliphatic heterocycles. The summed E-state index contributed by atoms with van der Waals surface area (Å²) in [5.41, 5.74) is 11.2. The third kappa shape index (κ3) is 4.28. The van der Waals surface area contributed by atoms with E-state index in [9.17, 15) is 0 Å². The maximum Gasteiger partial charge on any atom is 0.227 e. The first-order valence-corrected chi connectivity index (χ1v) is 18.6. The molecule has 0 radical (unpaired) electrons. The third-order valence-electron chi connectivity index (χ3n) is 11.0. The second kappa shape index (κ2) is 10.9. The number of aromatic nitrogens is 1. The first-order valence-electron chi connectivity index (χ1n) is 17.8. The third-order valence-corrected chi connectivity index (χ3v) is 12.2. The molecule has 246 valence electrons. The van der Waals surface area contributed by atoms with Crippen molar-refractivity contribution < 1.29 is 4.42 Å². The smallest absolute Gasteiger partial charge is 0.227 e. The normalized spacial score (nSPS) is 13.3. The fourth-order valence-corrected chi connectivity index (χ4v) is 9.66. The van der Waals surface area contributed by atoms with E-state index in [-0.39, 0.29) is 5.41 Å². The number of para-hydroxylation sites is 1. The zero-order valence-corrected chi connectivity index (χ0v) is 29.5. The number of fused-ring (bicyclic) bond motifs is 11. The van der Waals surface area contributed by atoms with E-state index < -0.39 is 0 Å². The van der Waals surface area contributed by atoms with Crippen molar-refractivity contribution in [2.24, 2.45) is 0 Å². The molecule has 11 rings (SSSR count). The van der Waals surface area contributed by atoms with Crippen molar-refractivity contribution in [3.05, 3.63) is 169 Å². The molecule has 0 spiro atoms. The van der Waals surface area contributed by atoms with Gasteiger partial charge in [0, 0.05) is 53.6 Å². The summed E-state index contributed by atoms with van der Waals surface area (Å²) < 4.78 is 9.09. The molecule has 0 atom stereocenters. The van der Waals surface area contributed by atoms with Crippen molar-refractivity contribution in [2.75, 3.05) is 4.90 Å². The van der Waals surface area contributed by atoms with Crippen molar-refractivity contribution in [3.63, 3.8) is 0 Å². The fraction of sp³-hybridized carbons (Fsp3) is 0.0625. The lowest BCUT2D eigenvalue weighted by atomic mass is 9.79. The van der Waals surface area contributed by atoms with Crippen molar-refractivity contribution in [1.82, 2.24) is 4.98 Å². The van der Waals surface area contributed by atoms with Crippen LogP contribution in [0.1, 0.15) is 25.0 Å². The predicted octanol–water partition coefficient (Wildman–Crippen LogP) is 13.9. The van der Waals surface area contributed by atoms with Gasteiger partial charge in [0.05, 0.1) is 0 Å². The first kappa shape index (κ1) is 29.5. The second-order valence-corrected chi connectivity index (χ2v) is 15.5. The van der Waals surface area contributed by atoms with E-state index in [1.807, 2.05) is 41.7 Å². The van der Waals surface area contributed by atoms with E-state index >= 15 is 0 Å². The van der Waals surface area contributed by atoms with Gasteiger partial charge in [0.25, 0.3) is 0 Å². The van der Waals surface area contributed by atoms with Gasteiger partial charge in [0.1, 0.15) is 5.52 Å². The molecular formula is C48H32N2OS. The summed E-state index contributed by atoms with van der Waals surface area (Å²) in [6.07, 6.45) is 0. The minimum absolute atomic E-state index is 0.214. The summed E-state index contributed by atoms with van der Waals surface area (Å²) in [6.45, 7) is 4.73. The minimum atomic E-state index is -0.214. The zero-order chi connectivity index (χ0) is 34.6. The van der Waals surface area contributed by atoms with Gasteiger partial charge in [-0.25, -0.2) is 4.98 Å². The van der Waals surface area contributed by atoms with Gasteiger partial charge in [-0.05, 0) is 123 Å². The predicted molar refractivity (Wildman–Crippen MR) is 220 cm³/mol. The van der Waals surface area contributed by atoms with Gasteiger partial charge < -0.3 is 9.32 Å². The Morgan fingerprint density at radius 3 is 2.13 bits per heavy atom. The van der Waals surface area contributed by atoms with Gasteiger partial charge in [-0.15, -0.1) is 11.3 Å². The van der Waals surface area contributed by atoms with E-state index in [1.54, 1.807) is 0 Å². The Hall–Kier alpha value is -6.23. The summed E-state index contributed by atoms with van der Waals surface area (Å²) in [4.78, 5) is 7.25. The monoisotopic (exact) mass is 684 g/mol. The molecule has 0 unspecified atom stereocenters. The zero-order valence-electron chi connectivity index (χ0n) is 28.7. The molecular weight excluding hydrogens is 653 g/mol. The molecule has 0 amide bonds. The standard InChI is InChI=1S/C48H32N2OS/c1-48(2)41-27-31-25-33(50(32-13-7-4-8-14-32)34-19-24-44-40(28-34)35-15-9-10-16-43(35)52-44)18-17-30(31)26-39(41)37-20-21-38-36(45(37)48)22-23-42-46(38)51-47(49-42)29-11-5-3-6-12-29/h3-28H,1-2H3. The van der Waals surface area contributed by atoms with Crippen LogP contribution in [-0.4, -0.2) is 4.98 Å². The highest BCUT2D eigenvalue weighted by atomic mass is 32.1. The molecule has 8 aromatic carbocycles. The molecule has 0 saturated carbocycles. The highest BCUT2D eigenvalue weighted by Gasteiger charge is 2.37. The Labute approximate surface area is 305 Å². The molecule has 1 aliphatic rings. The summed E-state index contributed by atoms with van der Waals surface area (Å²) in [5, 5.41) is 7.39. The Balaban J connectivity index is 1.05. The fourth-order valence-electron chi connectivity index (χ4n) is 8.57. The van der Waals surface area contributed by atoms with Crippen LogP contribution in [0.4, 0.5) is 17.1 Å². The maximum absolute atomic E-state index is 6.47. The molecule has 0 fully saturated rings. The van der Waals surface area contributed by atoms with E-state index in [1.165, 1.54) is 58.6 Å². The van der Waals surface area contributed by atoms with E-state index in [0.29, 0.717) is 5.89 Å². The molecule has 52 heavy (non-hydrogen) atoms. The van der Waals surface area contributed by atoms with E-state index in [4.69, 9.17) is 9.40 Å². The second-order valence-electron chi connectivity index (χ2n) is 14.4. The average molecular weight is 685 g/mol. The SMILES string of the molecule is CC1(C)c2cc3cc(N(c4ccccc4)c4ccc5sc6ccccc6c5c4)ccc3cc2-c2ccc3c(ccc4nc(-c5ccccc5)oc43)c21. The van der Waals surface area contributed by atoms with Crippen LogP contribution >= 0.6 is 11.3 Å². The van der Waals surface area contributed by atoms with Crippen LogP contribution < -0.4 is 4.90 Å². The number of nitrogens with zero attached hydrogens (tertiary/aromatic N) is 2. The molecule has 2 heterocycles. The lowest BCUT2D eigenvalue weighted by Crippen LogP contribution is -2.15. The van der Waals surface area contributed by atoms with Gasteiger partial charge in [-0.2, -0.15) is 0 Å². The maximum atomic E-state index is 6.47. The van der Waals surface area contributed by atoms with E-state index in [2.05, 4.69) is 146 Å². The molecule has 3 nitrogen and oxygen atoms in total. The van der Waals surface area contributed by atoms with Crippen LogP contribution in [0.25, 0.3) is 75.4 Å². The summed E-state index contributed by atoms with van der Waals surface area (Å²) in [7, 11) is 0. The lowest BCUT2D eigenvalue weighted by molar-refractivity contribution is 0.623. The van der Waals surface area contributed by atoms with Gasteiger partial charge in [0.2, 0.25) is 5.89 Å². The van der Waals surface area contributed by atoms with Crippen LogP contribution in [0.2, 0.25) is 0 Å². The molecule has 0 saturated heterocycles. The summed E-state index contributed by atoms with van der Waals surface area (Å²) >= 11 is 1.86. The van der Waals surface area contributed by atoms with Gasteiger partial charge in [-0.1, -0.05) is 86.6 Å². The molecule has 0 N–H and O–H groups in total. The van der Waals surface area contributed by atoms with Crippen LogP contribution in [-0.2, 0) is 5.41 Å². The number of rotatable bonds is 4. The van der Waals surface area contributed by atoms with Crippen LogP contribution in [0.3, 0.4) is 0 Å². The number of oxazole rings is 1. The minimum Gasteiger partial charge on any atom is -0.435 e. The highest BCUT2D eigenvalue weighted by molar-refractivity contribution is 7.25. The van der Waals surface area contributed by atoms with Crippen molar-refractivity contribution in [1.29, 1.82) is 0 Å². The molecule has 0 bridgehead atoms. The molecule has 4 heteroatoms. The number of hydrogen-bond acceptors (Lipinski definition) is 4. The number of benzene rings is 8. The topological polar surface area (TPSA) is 29.3 Å². The number of thiophene rings is 1. The van der Waals surface area contributed by atoms with E-state index in [0.717, 1.165) is 39.1 Å². The van der Waals surface area contributed by atoms with Crippen LogP contribution in [0, 0.1) is 0 Å². The lowest BCUT2D eigenvalue weighted by Gasteiger charge is -2.26. The van der Waals surface area contributed by atoms with Crippen LogP contribution in [0.15, 0.2) is 162 Å². The largest absolute Gasteiger partial charge is 0.435 e. The average Bonchev–Trinajstić information content (AvgIpc) is 3.85. The quantitative estimate of drug-likeness (QED) is 0.185. The Bertz CT molecular complexity index is 3050. The van der Waals surface area contributed by atoms with Gasteiger partial charge >= 0.3 is 0 Å². The number of anilines is 3. The molecule has 10 aromatic rings. The van der Waals surface area contributed by atoms with Gasteiger partial charge in [-0.3, -0.25) is 0 Å². The molecule has 2 aromatic heterocycles. The van der Waals surface area contributed by atoms with Crippen molar-refractivity contribution >= 4 is 81.2 Å². The van der Waals surface area contributed by atoms with Crippen molar-refractivity contribution in [2.45, 2.75) is 19.3 Å². The Morgan fingerprint density at radius 2 is 1.27 bits per heavy atom. The Morgan fingerprint density at radius 1 is 0.538 bits per heavy atom.